The zero-order chi connectivity index (χ0) is 31.4. The summed E-state index contributed by atoms with van der Waals surface area (Å²) in [6.07, 6.45) is 0.279. The van der Waals surface area contributed by atoms with E-state index in [0.29, 0.717) is 12.1 Å². The number of alkyl halides is 3. The van der Waals surface area contributed by atoms with Crippen molar-refractivity contribution in [3.05, 3.63) is 119 Å². The molecule has 1 heterocycles. The van der Waals surface area contributed by atoms with Crippen LogP contribution in [0.4, 0.5) is 24.5 Å². The van der Waals surface area contributed by atoms with Gasteiger partial charge < -0.3 is 16.0 Å². The van der Waals surface area contributed by atoms with Crippen molar-refractivity contribution >= 4 is 17.7 Å². The zero-order valence-electron chi connectivity index (χ0n) is 25.4. The Hall–Kier alpha value is -4.04. The van der Waals surface area contributed by atoms with Crippen LogP contribution in [-0.2, 0) is 11.0 Å². The molecule has 3 N–H and O–H groups in total. The van der Waals surface area contributed by atoms with Crippen molar-refractivity contribution in [1.82, 2.24) is 10.2 Å². The number of benzene rings is 3. The van der Waals surface area contributed by atoms with Crippen LogP contribution < -0.4 is 16.0 Å². The van der Waals surface area contributed by atoms with E-state index in [9.17, 15) is 18.0 Å². The summed E-state index contributed by atoms with van der Waals surface area (Å²) in [4.78, 5) is 13.2. The van der Waals surface area contributed by atoms with Gasteiger partial charge in [0.25, 0.3) is 0 Å². The third-order valence-electron chi connectivity index (χ3n) is 7.68. The van der Waals surface area contributed by atoms with Crippen molar-refractivity contribution in [2.24, 2.45) is 5.92 Å². The first-order valence-corrected chi connectivity index (χ1v) is 14.7. The van der Waals surface area contributed by atoms with Gasteiger partial charge in [-0.05, 0) is 56.1 Å². The summed E-state index contributed by atoms with van der Waals surface area (Å²) < 4.78 is 41.4. The zero-order valence-corrected chi connectivity index (χ0v) is 25.4. The van der Waals surface area contributed by atoms with E-state index in [0.717, 1.165) is 54.1 Å². The molecule has 1 aliphatic heterocycles. The molecular weight excluding hydrogens is 549 g/mol. The van der Waals surface area contributed by atoms with Crippen molar-refractivity contribution in [1.29, 1.82) is 0 Å². The normalized spacial score (nSPS) is 17.4. The van der Waals surface area contributed by atoms with E-state index in [1.54, 1.807) is 19.2 Å². The Balaban J connectivity index is 0.000000546. The Morgan fingerprint density at radius 2 is 1.63 bits per heavy atom. The molecule has 8 heteroatoms. The van der Waals surface area contributed by atoms with E-state index in [4.69, 9.17) is 0 Å². The van der Waals surface area contributed by atoms with Crippen molar-refractivity contribution in [3.63, 3.8) is 0 Å². The van der Waals surface area contributed by atoms with E-state index in [2.05, 4.69) is 36.4 Å². The molecule has 3 aromatic rings. The molecule has 5 nitrogen and oxygen atoms in total. The molecule has 1 aliphatic rings. The van der Waals surface area contributed by atoms with Crippen LogP contribution in [-0.4, -0.2) is 25.3 Å². The molecular formula is C35H43F3N4O. The number of halogens is 3. The molecule has 0 saturated carbocycles. The van der Waals surface area contributed by atoms with Crippen LogP contribution in [0, 0.1) is 5.92 Å². The number of hydrogen-bond acceptors (Lipinski definition) is 5. The van der Waals surface area contributed by atoms with E-state index in [1.165, 1.54) is 12.1 Å². The lowest BCUT2D eigenvalue weighted by molar-refractivity contribution is -0.138. The van der Waals surface area contributed by atoms with Gasteiger partial charge in [-0.25, -0.2) is 0 Å². The minimum atomic E-state index is -4.47. The fourth-order valence-electron chi connectivity index (χ4n) is 5.48. The fourth-order valence-corrected chi connectivity index (χ4v) is 5.48. The molecule has 230 valence electrons. The average Bonchev–Trinajstić information content (AvgIpc) is 3.01. The van der Waals surface area contributed by atoms with Crippen LogP contribution in [0.2, 0.25) is 0 Å². The van der Waals surface area contributed by atoms with Crippen molar-refractivity contribution in [2.45, 2.75) is 58.0 Å². The molecule has 0 fully saturated rings. The summed E-state index contributed by atoms with van der Waals surface area (Å²) in [5.74, 6) is 0.285. The van der Waals surface area contributed by atoms with Crippen LogP contribution in [0.15, 0.2) is 103 Å². The standard InChI is InChI=1S/C28H34F3N3O.C7H9N/c1-5-11-20(6-2)21(16-17-35)18-19(3)32-27-23-13-8-10-15-25(23)33-26(34(27)4)22-12-7-9-14-24(22)28(29,30)31;1-8-7-5-3-2-4-6-7/h7-10,12-17,20,26-27,32-33H,3,5-6,11,18H2,1-2,4H3;2-6,8H,1H3/b21-16+;. The van der Waals surface area contributed by atoms with Gasteiger partial charge in [-0.3, -0.25) is 9.69 Å². The summed E-state index contributed by atoms with van der Waals surface area (Å²) in [5.41, 5.74) is 4.06. The number of carbonyl (C=O) groups is 1. The van der Waals surface area contributed by atoms with Gasteiger partial charge in [0.15, 0.2) is 0 Å². The molecule has 0 spiro atoms. The first-order valence-electron chi connectivity index (χ1n) is 14.7. The Labute approximate surface area is 253 Å². The molecule has 0 amide bonds. The predicted molar refractivity (Wildman–Crippen MR) is 170 cm³/mol. The van der Waals surface area contributed by atoms with Gasteiger partial charge >= 0.3 is 6.18 Å². The van der Waals surface area contributed by atoms with Crippen molar-refractivity contribution in [3.8, 4) is 0 Å². The van der Waals surface area contributed by atoms with Gasteiger partial charge in [0, 0.05) is 41.7 Å². The Bertz CT molecular complexity index is 1360. The Kier molecular flexibility index (Phi) is 12.4. The second-order valence-electron chi connectivity index (χ2n) is 10.6. The van der Waals surface area contributed by atoms with Crippen molar-refractivity contribution in [2.75, 3.05) is 24.7 Å². The highest BCUT2D eigenvalue weighted by Gasteiger charge is 2.39. The van der Waals surface area contributed by atoms with E-state index in [-0.39, 0.29) is 11.5 Å². The van der Waals surface area contributed by atoms with Gasteiger partial charge in [-0.2, -0.15) is 13.2 Å². The lowest BCUT2D eigenvalue weighted by Gasteiger charge is -2.43. The van der Waals surface area contributed by atoms with Crippen LogP contribution in [0.5, 0.6) is 0 Å². The summed E-state index contributed by atoms with van der Waals surface area (Å²) in [5, 5.41) is 9.76. The van der Waals surface area contributed by atoms with Gasteiger partial charge in [-0.1, -0.05) is 87.0 Å². The molecule has 0 aromatic heterocycles. The fraction of sp³-hybridized carbons (Fsp3) is 0.343. The quantitative estimate of drug-likeness (QED) is 0.153. The molecule has 0 aliphatic carbocycles. The number of rotatable bonds is 11. The molecule has 4 rings (SSSR count). The smallest absolute Gasteiger partial charge is 0.388 e. The molecule has 0 bridgehead atoms. The third-order valence-corrected chi connectivity index (χ3v) is 7.68. The Morgan fingerprint density at radius 1 is 1.00 bits per heavy atom. The minimum Gasteiger partial charge on any atom is -0.388 e. The molecule has 43 heavy (non-hydrogen) atoms. The SMILES string of the molecule is C=C(C/C(=C\C=O)C(CC)CCC)NC1c2ccccc2NC(c2ccccc2C(F)(F)F)N1C.CNc1ccccc1. The highest BCUT2D eigenvalue weighted by Crippen LogP contribution is 2.42. The second kappa shape index (κ2) is 16.0. The molecule has 3 unspecified atom stereocenters. The largest absolute Gasteiger partial charge is 0.416 e. The topological polar surface area (TPSA) is 56.4 Å². The number of para-hydroxylation sites is 2. The van der Waals surface area contributed by atoms with Gasteiger partial charge in [0.2, 0.25) is 0 Å². The lowest BCUT2D eigenvalue weighted by atomic mass is 9.88. The van der Waals surface area contributed by atoms with E-state index in [1.807, 2.05) is 66.5 Å². The van der Waals surface area contributed by atoms with Crippen LogP contribution in [0.25, 0.3) is 0 Å². The molecule has 3 aromatic carbocycles. The minimum absolute atomic E-state index is 0.157. The number of nitrogens with one attached hydrogen (secondary N) is 3. The number of allylic oxidation sites excluding steroid dienone is 2. The summed E-state index contributed by atoms with van der Waals surface area (Å²) in [6.45, 7) is 8.44. The maximum atomic E-state index is 13.8. The summed E-state index contributed by atoms with van der Waals surface area (Å²) in [6, 6.07) is 23.3. The number of hydrogen-bond donors (Lipinski definition) is 3. The maximum absolute atomic E-state index is 13.8. The molecule has 0 radical (unpaired) electrons. The lowest BCUT2D eigenvalue weighted by Crippen LogP contribution is -2.45. The van der Waals surface area contributed by atoms with E-state index >= 15 is 0 Å². The van der Waals surface area contributed by atoms with Crippen molar-refractivity contribution < 1.29 is 18.0 Å². The van der Waals surface area contributed by atoms with Gasteiger partial charge in [0.05, 0.1) is 5.56 Å². The maximum Gasteiger partial charge on any atom is 0.416 e. The first kappa shape index (κ1) is 33.5. The average molecular weight is 593 g/mol. The van der Waals surface area contributed by atoms with Gasteiger partial charge in [0.1, 0.15) is 18.6 Å². The summed E-state index contributed by atoms with van der Waals surface area (Å²) in [7, 11) is 3.70. The number of anilines is 2. The number of fused-ring (bicyclic) bond motifs is 1. The monoisotopic (exact) mass is 592 g/mol. The number of aldehydes is 1. The molecule has 0 saturated heterocycles. The van der Waals surface area contributed by atoms with Crippen LogP contribution >= 0.6 is 0 Å². The third kappa shape index (κ3) is 8.97. The highest BCUT2D eigenvalue weighted by atomic mass is 19.4. The predicted octanol–water partition coefficient (Wildman–Crippen LogP) is 8.93. The highest BCUT2D eigenvalue weighted by molar-refractivity contribution is 5.66. The van der Waals surface area contributed by atoms with Crippen LogP contribution in [0.1, 0.15) is 68.6 Å². The van der Waals surface area contributed by atoms with Crippen LogP contribution in [0.3, 0.4) is 0 Å². The number of carbonyl (C=O) groups excluding carboxylic acids is 1. The number of nitrogens with zero attached hydrogens (tertiary/aromatic N) is 1. The molecule has 3 atom stereocenters. The van der Waals surface area contributed by atoms with Gasteiger partial charge in [-0.15, -0.1) is 0 Å². The second-order valence-corrected chi connectivity index (χ2v) is 10.6. The summed E-state index contributed by atoms with van der Waals surface area (Å²) >= 11 is 0. The first-order chi connectivity index (χ1) is 20.6. The van der Waals surface area contributed by atoms with E-state index < -0.39 is 24.1 Å². The Morgan fingerprint density at radius 3 is 2.21 bits per heavy atom.